The minimum Gasteiger partial charge on any atom is -0.494 e. The first-order valence-electron chi connectivity index (χ1n) is 9.98. The van der Waals surface area contributed by atoms with Crippen LogP contribution < -0.4 is 5.32 Å². The quantitative estimate of drug-likeness (QED) is 0.616. The Morgan fingerprint density at radius 2 is 1.57 bits per heavy atom. The minimum atomic E-state index is -0.489. The van der Waals surface area contributed by atoms with E-state index < -0.39 is 6.10 Å². The fraction of sp³-hybridized carbons (Fsp3) is 0.409. The number of amides is 1. The Bertz CT molecular complexity index is 924. The number of aromatic nitrogens is 1. The van der Waals surface area contributed by atoms with E-state index in [1.54, 1.807) is 24.3 Å². The van der Waals surface area contributed by atoms with Gasteiger partial charge in [0.05, 0.1) is 17.8 Å². The summed E-state index contributed by atoms with van der Waals surface area (Å²) >= 11 is 0. The molecule has 0 radical (unpaired) electrons. The lowest BCUT2D eigenvalue weighted by atomic mass is 9.92. The van der Waals surface area contributed by atoms with Crippen molar-refractivity contribution in [1.82, 2.24) is 9.88 Å². The van der Waals surface area contributed by atoms with E-state index in [0.717, 1.165) is 43.2 Å². The van der Waals surface area contributed by atoms with Crippen molar-refractivity contribution in [2.45, 2.75) is 56.1 Å². The molecule has 6 heteroatoms. The van der Waals surface area contributed by atoms with Crippen LogP contribution in [-0.4, -0.2) is 37.9 Å². The van der Waals surface area contributed by atoms with Crippen molar-refractivity contribution in [2.24, 2.45) is 0 Å². The fourth-order valence-electron chi connectivity index (χ4n) is 4.98. The molecule has 5 rings (SSSR count). The van der Waals surface area contributed by atoms with Crippen LogP contribution in [0.5, 0.6) is 11.8 Å². The van der Waals surface area contributed by atoms with E-state index in [4.69, 9.17) is 0 Å². The third-order valence-electron chi connectivity index (χ3n) is 6.45. The van der Waals surface area contributed by atoms with Gasteiger partial charge in [-0.25, -0.2) is 0 Å². The molecule has 1 fully saturated rings. The number of aromatic hydroxyl groups is 2. The predicted molar refractivity (Wildman–Crippen MR) is 104 cm³/mol. The molecule has 1 saturated carbocycles. The van der Waals surface area contributed by atoms with Crippen LogP contribution in [0.25, 0.3) is 5.69 Å². The van der Waals surface area contributed by atoms with E-state index in [9.17, 15) is 20.1 Å². The largest absolute Gasteiger partial charge is 0.494 e. The highest BCUT2D eigenvalue weighted by molar-refractivity contribution is 5.94. The van der Waals surface area contributed by atoms with Gasteiger partial charge in [0.15, 0.2) is 0 Å². The Morgan fingerprint density at radius 3 is 2.18 bits per heavy atom. The second-order valence-corrected chi connectivity index (χ2v) is 8.12. The molecular formula is C22H24N2O4. The van der Waals surface area contributed by atoms with Crippen LogP contribution in [0.1, 0.15) is 65.4 Å². The highest BCUT2D eigenvalue weighted by Gasteiger charge is 2.41. The summed E-state index contributed by atoms with van der Waals surface area (Å²) in [5.41, 5.74) is 2.73. The first kappa shape index (κ1) is 17.4. The van der Waals surface area contributed by atoms with Crippen molar-refractivity contribution < 1.29 is 20.1 Å². The second kappa shape index (κ2) is 6.41. The van der Waals surface area contributed by atoms with Gasteiger partial charge in [-0.3, -0.25) is 9.36 Å². The number of allylic oxidation sites excluding steroid dienone is 2. The number of hydrogen-bond donors (Lipinski definition) is 4. The molecule has 1 aromatic heterocycles. The van der Waals surface area contributed by atoms with Crippen LogP contribution >= 0.6 is 0 Å². The van der Waals surface area contributed by atoms with Gasteiger partial charge in [0, 0.05) is 28.5 Å². The number of nitrogens with one attached hydrogen (secondary N) is 1. The summed E-state index contributed by atoms with van der Waals surface area (Å²) in [5, 5.41) is 34.3. The standard InChI is InChI=1S/C22H24N2O4/c25-17-4-2-1-3-16(17)23-20(26)12-7-9-15(10-8-12)24-21(27)18-13-5-6-14(11-13)19(18)22(24)28/h5-10,13-14,16-17,25,27-28H,1-4,11H2,(H,23,26)/t13-,14+,16-,17-/m0/s1. The van der Waals surface area contributed by atoms with Crippen molar-refractivity contribution in [3.05, 3.63) is 53.1 Å². The average Bonchev–Trinajstić information content (AvgIpc) is 3.38. The summed E-state index contributed by atoms with van der Waals surface area (Å²) in [7, 11) is 0. The third kappa shape index (κ3) is 2.55. The number of aliphatic hydroxyl groups excluding tert-OH is 1. The summed E-state index contributed by atoms with van der Waals surface area (Å²) in [6.07, 6.45) is 8.11. The monoisotopic (exact) mass is 380 g/mol. The van der Waals surface area contributed by atoms with E-state index in [1.807, 2.05) is 0 Å². The molecule has 0 aliphatic heterocycles. The molecule has 1 amide bonds. The molecule has 4 N–H and O–H groups in total. The van der Waals surface area contributed by atoms with Gasteiger partial charge in [0.25, 0.3) is 5.91 Å². The van der Waals surface area contributed by atoms with Gasteiger partial charge in [-0.1, -0.05) is 25.0 Å². The molecule has 0 unspecified atom stereocenters. The zero-order valence-corrected chi connectivity index (χ0v) is 15.5. The molecule has 4 atom stereocenters. The Labute approximate surface area is 163 Å². The molecule has 0 spiro atoms. The highest BCUT2D eigenvalue weighted by atomic mass is 16.3. The van der Waals surface area contributed by atoms with Crippen LogP contribution in [0.3, 0.4) is 0 Å². The second-order valence-electron chi connectivity index (χ2n) is 8.12. The van der Waals surface area contributed by atoms with Crippen LogP contribution in [0, 0.1) is 0 Å². The smallest absolute Gasteiger partial charge is 0.251 e. The summed E-state index contributed by atoms with van der Waals surface area (Å²) in [6.45, 7) is 0. The Kier molecular flexibility index (Phi) is 3.98. The van der Waals surface area contributed by atoms with E-state index in [2.05, 4.69) is 17.5 Å². The first-order valence-corrected chi connectivity index (χ1v) is 9.98. The van der Waals surface area contributed by atoms with E-state index in [1.165, 1.54) is 4.57 Å². The molecule has 2 aromatic rings. The number of carbonyl (C=O) groups excluding carboxylic acids is 1. The van der Waals surface area contributed by atoms with Gasteiger partial charge in [-0.15, -0.1) is 0 Å². The zero-order chi connectivity index (χ0) is 19.4. The minimum absolute atomic E-state index is 0.0758. The van der Waals surface area contributed by atoms with Crippen LogP contribution in [0.2, 0.25) is 0 Å². The summed E-state index contributed by atoms with van der Waals surface area (Å²) in [6, 6.07) is 6.59. The van der Waals surface area contributed by atoms with Gasteiger partial charge >= 0.3 is 0 Å². The maximum Gasteiger partial charge on any atom is 0.251 e. The average molecular weight is 380 g/mol. The van der Waals surface area contributed by atoms with Crippen molar-refractivity contribution in [3.8, 4) is 17.4 Å². The van der Waals surface area contributed by atoms with Gasteiger partial charge in [0.1, 0.15) is 0 Å². The zero-order valence-electron chi connectivity index (χ0n) is 15.5. The Hall–Kier alpha value is -2.73. The molecule has 0 saturated heterocycles. The molecular weight excluding hydrogens is 356 g/mol. The van der Waals surface area contributed by atoms with E-state index >= 15 is 0 Å². The fourth-order valence-corrected chi connectivity index (χ4v) is 4.98. The maximum atomic E-state index is 12.5. The summed E-state index contributed by atoms with van der Waals surface area (Å²) in [5.74, 6) is 0.264. The van der Waals surface area contributed by atoms with Crippen molar-refractivity contribution in [2.75, 3.05) is 0 Å². The lowest BCUT2D eigenvalue weighted by Crippen LogP contribution is -2.45. The van der Waals surface area contributed by atoms with Crippen molar-refractivity contribution >= 4 is 5.91 Å². The van der Waals surface area contributed by atoms with Crippen LogP contribution in [-0.2, 0) is 0 Å². The normalized spacial score (nSPS) is 27.8. The van der Waals surface area contributed by atoms with Gasteiger partial charge in [0.2, 0.25) is 11.8 Å². The van der Waals surface area contributed by atoms with Crippen LogP contribution in [0.4, 0.5) is 0 Å². The lowest BCUT2D eigenvalue weighted by molar-refractivity contribution is 0.0717. The number of fused-ring (bicyclic) bond motifs is 5. The molecule has 2 bridgehead atoms. The highest BCUT2D eigenvalue weighted by Crippen LogP contribution is 2.57. The van der Waals surface area contributed by atoms with Crippen molar-refractivity contribution in [3.63, 3.8) is 0 Å². The number of rotatable bonds is 3. The van der Waals surface area contributed by atoms with Crippen molar-refractivity contribution in [1.29, 1.82) is 0 Å². The van der Waals surface area contributed by atoms with Gasteiger partial charge in [-0.05, 0) is 43.5 Å². The van der Waals surface area contributed by atoms with E-state index in [-0.39, 0.29) is 35.5 Å². The molecule has 1 aromatic carbocycles. The number of aliphatic hydroxyl groups is 1. The molecule has 1 heterocycles. The maximum absolute atomic E-state index is 12.5. The summed E-state index contributed by atoms with van der Waals surface area (Å²) in [4.78, 5) is 12.5. The molecule has 3 aliphatic carbocycles. The predicted octanol–water partition coefficient (Wildman–Crippen LogP) is 3.06. The van der Waals surface area contributed by atoms with Gasteiger partial charge in [-0.2, -0.15) is 0 Å². The first-order chi connectivity index (χ1) is 13.5. The third-order valence-corrected chi connectivity index (χ3v) is 6.45. The topological polar surface area (TPSA) is 94.7 Å². The number of benzene rings is 1. The molecule has 6 nitrogen and oxygen atoms in total. The molecule has 28 heavy (non-hydrogen) atoms. The molecule has 3 aliphatic rings. The number of hydrogen-bond acceptors (Lipinski definition) is 4. The van der Waals surface area contributed by atoms with E-state index in [0.29, 0.717) is 11.3 Å². The molecule has 146 valence electrons. The Balaban J connectivity index is 1.39. The van der Waals surface area contributed by atoms with Crippen LogP contribution in [0.15, 0.2) is 36.4 Å². The number of carbonyl (C=O) groups is 1. The SMILES string of the molecule is O=C(N[C@H]1CCCC[C@@H]1O)c1ccc(-n2c(O)c3c(c2O)[C@H]2C=C[C@@H]3C2)cc1. The number of nitrogens with zero attached hydrogens (tertiary/aromatic N) is 1. The Morgan fingerprint density at radius 1 is 0.964 bits per heavy atom. The lowest BCUT2D eigenvalue weighted by Gasteiger charge is -2.28. The summed E-state index contributed by atoms with van der Waals surface area (Å²) < 4.78 is 1.45. The van der Waals surface area contributed by atoms with Gasteiger partial charge < -0.3 is 20.6 Å².